The van der Waals surface area contributed by atoms with Gasteiger partial charge in [-0.3, -0.25) is 4.98 Å². The van der Waals surface area contributed by atoms with Gasteiger partial charge in [-0.25, -0.2) is 0 Å². The first kappa shape index (κ1) is 17.8. The summed E-state index contributed by atoms with van der Waals surface area (Å²) in [7, 11) is -3.97. The van der Waals surface area contributed by atoms with E-state index >= 15 is 0 Å². The quantitative estimate of drug-likeness (QED) is 0.663. The van der Waals surface area contributed by atoms with E-state index in [1.54, 1.807) is 54.7 Å². The third-order valence-electron chi connectivity index (χ3n) is 4.35. The van der Waals surface area contributed by atoms with Crippen molar-refractivity contribution in [2.24, 2.45) is 4.40 Å². The molecule has 8 nitrogen and oxygen atoms in total. The molecule has 10 heteroatoms. The maximum atomic E-state index is 12.8. The Kier molecular flexibility index (Phi) is 4.07. The fraction of sp³-hybridized carbons (Fsp3) is 0.0526. The number of hydroxylamine groups is 2. The zero-order valence-electron chi connectivity index (χ0n) is 14.7. The Labute approximate surface area is 171 Å². The number of aromatic nitrogens is 1. The zero-order valence-corrected chi connectivity index (χ0v) is 16.3. The number of halogens is 1. The van der Waals surface area contributed by atoms with Crippen LogP contribution in [0.4, 0.5) is 5.69 Å². The number of fused-ring (bicyclic) bond motifs is 2. The van der Waals surface area contributed by atoms with Crippen LogP contribution in [0.25, 0.3) is 0 Å². The summed E-state index contributed by atoms with van der Waals surface area (Å²) in [6, 6.07) is 15.1. The lowest BCUT2D eigenvalue weighted by atomic mass is 10.2. The topological polar surface area (TPSA) is 93.1 Å². The molecule has 0 saturated heterocycles. The maximum absolute atomic E-state index is 12.8. The van der Waals surface area contributed by atoms with E-state index in [0.717, 1.165) is 0 Å². The first-order chi connectivity index (χ1) is 14.0. The van der Waals surface area contributed by atoms with Gasteiger partial charge < -0.3 is 14.9 Å². The number of nitrogens with one attached hydrogen (secondary N) is 1. The Morgan fingerprint density at radius 2 is 1.90 bits per heavy atom. The number of pyridine rings is 1. The van der Waals surface area contributed by atoms with Gasteiger partial charge in [-0.15, -0.1) is 4.40 Å². The third kappa shape index (κ3) is 3.14. The molecule has 3 aromatic rings. The molecule has 0 unspecified atom stereocenters. The lowest BCUT2D eigenvalue weighted by molar-refractivity contribution is 0.0390. The number of ether oxygens (including phenoxy) is 1. The lowest BCUT2D eigenvalue weighted by Gasteiger charge is -2.25. The van der Waals surface area contributed by atoms with Crippen molar-refractivity contribution >= 4 is 33.3 Å². The highest BCUT2D eigenvalue weighted by atomic mass is 35.5. The van der Waals surface area contributed by atoms with Crippen molar-refractivity contribution in [1.82, 2.24) is 10.0 Å². The highest BCUT2D eigenvalue weighted by Crippen LogP contribution is 2.40. The molecule has 5 rings (SSSR count). The summed E-state index contributed by atoms with van der Waals surface area (Å²) in [4.78, 5) is 9.91. The molecule has 0 bridgehead atoms. The minimum absolute atomic E-state index is 0.000592. The monoisotopic (exact) mass is 428 g/mol. The van der Waals surface area contributed by atoms with Gasteiger partial charge in [0.1, 0.15) is 28.6 Å². The standard InChI is InChI=1S/C19H13ClN4O4S/c20-12-5-1-2-6-14(12)27-16-7-3-9-17-18(16)22-19(23-29(17,25)26)24-11-13-15(28-24)8-4-10-21-13/h1-10H,11H2,(H,22,23). The number of anilines is 1. The van der Waals surface area contributed by atoms with E-state index in [4.69, 9.17) is 21.2 Å². The highest BCUT2D eigenvalue weighted by molar-refractivity contribution is 7.90. The van der Waals surface area contributed by atoms with Gasteiger partial charge in [-0.2, -0.15) is 13.5 Å². The summed E-state index contributed by atoms with van der Waals surface area (Å²) in [5.74, 6) is 1.26. The number of hydrogen-bond donors (Lipinski definition) is 1. The number of sulfonamides is 1. The molecule has 1 N–H and O–H groups in total. The Morgan fingerprint density at radius 1 is 1.07 bits per heavy atom. The van der Waals surface area contributed by atoms with Gasteiger partial charge >= 0.3 is 0 Å². The van der Waals surface area contributed by atoms with Gasteiger partial charge in [0, 0.05) is 6.20 Å². The lowest BCUT2D eigenvalue weighted by Crippen LogP contribution is -2.38. The molecular formula is C19H13ClN4O4S. The van der Waals surface area contributed by atoms with Gasteiger partial charge in [-0.1, -0.05) is 29.8 Å². The van der Waals surface area contributed by atoms with Gasteiger partial charge in [0.2, 0.25) is 5.96 Å². The molecule has 0 aliphatic carbocycles. The van der Waals surface area contributed by atoms with E-state index in [9.17, 15) is 8.42 Å². The van der Waals surface area contributed by atoms with Crippen LogP contribution in [0.5, 0.6) is 17.2 Å². The number of rotatable bonds is 2. The fourth-order valence-corrected chi connectivity index (χ4v) is 4.31. The van der Waals surface area contributed by atoms with E-state index in [1.165, 1.54) is 11.1 Å². The fourth-order valence-electron chi connectivity index (χ4n) is 3.02. The molecule has 2 aromatic carbocycles. The molecular weight excluding hydrogens is 416 g/mol. The molecule has 146 valence electrons. The second-order valence-corrected chi connectivity index (χ2v) is 8.23. The molecule has 2 aliphatic rings. The predicted octanol–water partition coefficient (Wildman–Crippen LogP) is 3.81. The smallest absolute Gasteiger partial charge is 0.287 e. The molecule has 2 aliphatic heterocycles. The van der Waals surface area contributed by atoms with Gasteiger partial charge in [-0.05, 0) is 36.4 Å². The van der Waals surface area contributed by atoms with Crippen LogP contribution in [0, 0.1) is 0 Å². The first-order valence-corrected chi connectivity index (χ1v) is 10.4. The molecule has 0 fully saturated rings. The molecule has 3 heterocycles. The molecule has 0 spiro atoms. The van der Waals surface area contributed by atoms with Gasteiger partial charge in [0.05, 0.1) is 5.02 Å². The van der Waals surface area contributed by atoms with E-state index in [2.05, 4.69) is 14.7 Å². The molecule has 29 heavy (non-hydrogen) atoms. The van der Waals surface area contributed by atoms with E-state index in [-0.39, 0.29) is 23.1 Å². The van der Waals surface area contributed by atoms with Gasteiger partial charge in [0.15, 0.2) is 11.5 Å². The van der Waals surface area contributed by atoms with E-state index in [0.29, 0.717) is 28.0 Å². The van der Waals surface area contributed by atoms with E-state index in [1.807, 2.05) is 0 Å². The number of nitrogens with zero attached hydrogens (tertiary/aromatic N) is 3. The van der Waals surface area contributed by atoms with Crippen molar-refractivity contribution in [1.29, 1.82) is 0 Å². The summed E-state index contributed by atoms with van der Waals surface area (Å²) < 4.78 is 35.3. The predicted molar refractivity (Wildman–Crippen MR) is 107 cm³/mol. The first-order valence-electron chi connectivity index (χ1n) is 8.58. The molecule has 0 atom stereocenters. The Bertz CT molecular complexity index is 1240. The van der Waals surface area contributed by atoms with Crippen LogP contribution in [-0.4, -0.2) is 24.4 Å². The Balaban J connectivity index is 1.52. The Morgan fingerprint density at radius 3 is 2.72 bits per heavy atom. The minimum atomic E-state index is -3.97. The second-order valence-electron chi connectivity index (χ2n) is 6.25. The van der Waals surface area contributed by atoms with Crippen LogP contribution in [0.1, 0.15) is 5.69 Å². The summed E-state index contributed by atoms with van der Waals surface area (Å²) in [6.45, 7) is 0.250. The van der Waals surface area contributed by atoms with Crippen molar-refractivity contribution in [3.8, 4) is 17.2 Å². The van der Waals surface area contributed by atoms with Crippen molar-refractivity contribution in [2.45, 2.75) is 11.4 Å². The second kappa shape index (κ2) is 6.64. The SMILES string of the molecule is O=S1(=O)N=C(N2Cc3ncccc3O2)Nc2c(Oc3ccccc3Cl)cccc21. The molecule has 0 radical (unpaired) electrons. The minimum Gasteiger partial charge on any atom is -0.454 e. The van der Waals surface area contributed by atoms with Crippen molar-refractivity contribution < 1.29 is 18.0 Å². The largest absolute Gasteiger partial charge is 0.454 e. The summed E-state index contributed by atoms with van der Waals surface area (Å²) in [6.07, 6.45) is 1.64. The van der Waals surface area contributed by atoms with Crippen LogP contribution >= 0.6 is 11.6 Å². The summed E-state index contributed by atoms with van der Waals surface area (Å²) in [5, 5.41) is 4.76. The zero-order chi connectivity index (χ0) is 20.0. The molecule has 0 amide bonds. The van der Waals surface area contributed by atoms with Crippen LogP contribution in [0.3, 0.4) is 0 Å². The number of guanidine groups is 1. The average molecular weight is 429 g/mol. The highest BCUT2D eigenvalue weighted by Gasteiger charge is 2.34. The van der Waals surface area contributed by atoms with Crippen LogP contribution in [0.2, 0.25) is 5.02 Å². The van der Waals surface area contributed by atoms with Crippen molar-refractivity contribution in [2.75, 3.05) is 5.32 Å². The van der Waals surface area contributed by atoms with E-state index < -0.39 is 10.0 Å². The van der Waals surface area contributed by atoms with Crippen LogP contribution in [-0.2, 0) is 16.6 Å². The summed E-state index contributed by atoms with van der Waals surface area (Å²) >= 11 is 6.17. The molecule has 0 saturated carbocycles. The van der Waals surface area contributed by atoms with Crippen molar-refractivity contribution in [3.63, 3.8) is 0 Å². The third-order valence-corrected chi connectivity index (χ3v) is 5.97. The average Bonchev–Trinajstić information content (AvgIpc) is 3.14. The summed E-state index contributed by atoms with van der Waals surface area (Å²) in [5.41, 5.74) is 0.936. The number of hydrogen-bond acceptors (Lipinski definition) is 7. The normalized spacial score (nSPS) is 16.2. The maximum Gasteiger partial charge on any atom is 0.287 e. The Hall–Kier alpha value is -3.30. The van der Waals surface area contributed by atoms with Crippen LogP contribution < -0.4 is 14.9 Å². The van der Waals surface area contributed by atoms with Gasteiger partial charge in [0.25, 0.3) is 10.0 Å². The number of benzene rings is 2. The van der Waals surface area contributed by atoms with Crippen molar-refractivity contribution in [3.05, 3.63) is 71.5 Å². The van der Waals surface area contributed by atoms with Crippen LogP contribution in [0.15, 0.2) is 70.1 Å². The number of para-hydroxylation sites is 2. The molecule has 1 aromatic heterocycles.